The van der Waals surface area contributed by atoms with Gasteiger partial charge in [0.2, 0.25) is 21.8 Å². The van der Waals surface area contributed by atoms with E-state index in [-0.39, 0.29) is 24.2 Å². The first-order valence-electron chi connectivity index (χ1n) is 11.5. The van der Waals surface area contributed by atoms with Gasteiger partial charge in [-0.3, -0.25) is 13.9 Å². The van der Waals surface area contributed by atoms with Crippen molar-refractivity contribution in [3.8, 4) is 5.75 Å². The van der Waals surface area contributed by atoms with Crippen molar-refractivity contribution in [2.45, 2.75) is 52.7 Å². The van der Waals surface area contributed by atoms with Crippen molar-refractivity contribution in [3.63, 3.8) is 0 Å². The molecule has 0 saturated heterocycles. The van der Waals surface area contributed by atoms with Crippen LogP contribution >= 0.6 is 11.6 Å². The number of carbonyl (C=O) groups is 2. The Kier molecular flexibility index (Phi) is 10.4. The maximum atomic E-state index is 13.6. The molecule has 8 nitrogen and oxygen atoms in total. The zero-order valence-electron chi connectivity index (χ0n) is 20.8. The number of hydrogen-bond donors (Lipinski definition) is 1. The van der Waals surface area contributed by atoms with Gasteiger partial charge in [-0.1, -0.05) is 42.8 Å². The number of rotatable bonds is 12. The minimum Gasteiger partial charge on any atom is -0.492 e. The van der Waals surface area contributed by atoms with E-state index in [2.05, 4.69) is 5.32 Å². The SMILES string of the molecule is CCOc1ccccc1N(CC(=O)N(Cc1ccc(Cl)cc1)[C@@H](C)C(=O)N[C@@H](C)CC)S(C)(=O)=O. The Labute approximate surface area is 213 Å². The fourth-order valence-electron chi connectivity index (χ4n) is 3.37. The van der Waals surface area contributed by atoms with Crippen LogP contribution in [0.5, 0.6) is 5.75 Å². The lowest BCUT2D eigenvalue weighted by atomic mass is 10.1. The second-order valence-corrected chi connectivity index (χ2v) is 10.7. The van der Waals surface area contributed by atoms with Gasteiger partial charge in [0, 0.05) is 17.6 Å². The topological polar surface area (TPSA) is 96.0 Å². The minimum atomic E-state index is -3.85. The highest BCUT2D eigenvalue weighted by molar-refractivity contribution is 7.92. The van der Waals surface area contributed by atoms with Crippen LogP contribution in [0.15, 0.2) is 48.5 Å². The average Bonchev–Trinajstić information content (AvgIpc) is 2.81. The molecule has 192 valence electrons. The molecule has 0 spiro atoms. The van der Waals surface area contributed by atoms with Crippen LogP contribution in [0.4, 0.5) is 5.69 Å². The molecular weight excluding hydrogens is 490 g/mol. The zero-order chi connectivity index (χ0) is 26.2. The number of carbonyl (C=O) groups excluding carboxylic acids is 2. The third-order valence-corrected chi connectivity index (χ3v) is 6.93. The van der Waals surface area contributed by atoms with E-state index in [9.17, 15) is 18.0 Å². The quantitative estimate of drug-likeness (QED) is 0.456. The molecule has 0 aliphatic rings. The fourth-order valence-corrected chi connectivity index (χ4v) is 4.35. The summed E-state index contributed by atoms with van der Waals surface area (Å²) in [5.74, 6) is -0.495. The van der Waals surface area contributed by atoms with Crippen LogP contribution in [0.25, 0.3) is 0 Å². The van der Waals surface area contributed by atoms with Gasteiger partial charge in [0.25, 0.3) is 0 Å². The first-order valence-corrected chi connectivity index (χ1v) is 13.7. The number of sulfonamides is 1. The van der Waals surface area contributed by atoms with Crippen LogP contribution < -0.4 is 14.4 Å². The predicted molar refractivity (Wildman–Crippen MR) is 139 cm³/mol. The predicted octanol–water partition coefficient (Wildman–Crippen LogP) is 3.84. The Hall–Kier alpha value is -2.78. The highest BCUT2D eigenvalue weighted by Gasteiger charge is 2.31. The molecule has 0 bridgehead atoms. The molecule has 0 aliphatic heterocycles. The maximum absolute atomic E-state index is 13.6. The Morgan fingerprint density at radius 1 is 1.06 bits per heavy atom. The normalized spacial score (nSPS) is 13.0. The standard InChI is InChI=1S/C25H34ClN3O5S/c1-6-18(3)27-25(31)19(4)28(16-20-12-14-21(26)15-13-20)24(30)17-29(35(5,32)33)22-10-8-9-11-23(22)34-7-2/h8-15,18-19H,6-7,16-17H2,1-5H3,(H,27,31)/t18-,19-/m0/s1. The highest BCUT2D eigenvalue weighted by Crippen LogP contribution is 2.30. The molecule has 35 heavy (non-hydrogen) atoms. The summed E-state index contributed by atoms with van der Waals surface area (Å²) in [7, 11) is -3.85. The second kappa shape index (κ2) is 12.8. The van der Waals surface area contributed by atoms with E-state index in [1.54, 1.807) is 62.4 Å². The lowest BCUT2D eigenvalue weighted by Crippen LogP contribution is -2.52. The van der Waals surface area contributed by atoms with E-state index < -0.39 is 28.5 Å². The lowest BCUT2D eigenvalue weighted by molar-refractivity contribution is -0.139. The third-order valence-electron chi connectivity index (χ3n) is 5.55. The Morgan fingerprint density at radius 3 is 2.26 bits per heavy atom. The maximum Gasteiger partial charge on any atom is 0.244 e. The van der Waals surface area contributed by atoms with Gasteiger partial charge in [0.1, 0.15) is 18.3 Å². The molecule has 2 amide bonds. The van der Waals surface area contributed by atoms with Gasteiger partial charge in [-0.05, 0) is 57.0 Å². The Morgan fingerprint density at radius 2 is 1.69 bits per heavy atom. The van der Waals surface area contributed by atoms with Gasteiger partial charge >= 0.3 is 0 Å². The average molecular weight is 524 g/mol. The zero-order valence-corrected chi connectivity index (χ0v) is 22.4. The summed E-state index contributed by atoms with van der Waals surface area (Å²) in [5, 5.41) is 3.44. The molecule has 1 N–H and O–H groups in total. The van der Waals surface area contributed by atoms with Crippen molar-refractivity contribution in [1.29, 1.82) is 0 Å². The van der Waals surface area contributed by atoms with Crippen molar-refractivity contribution in [2.24, 2.45) is 0 Å². The van der Waals surface area contributed by atoms with Crippen molar-refractivity contribution in [3.05, 3.63) is 59.1 Å². The van der Waals surface area contributed by atoms with Crippen LogP contribution in [0, 0.1) is 0 Å². The van der Waals surface area contributed by atoms with Gasteiger partial charge in [-0.15, -0.1) is 0 Å². The van der Waals surface area contributed by atoms with Gasteiger partial charge < -0.3 is 15.0 Å². The first-order chi connectivity index (χ1) is 16.5. The number of anilines is 1. The molecular formula is C25H34ClN3O5S. The molecule has 0 unspecified atom stereocenters. The number of amides is 2. The van der Waals surface area contributed by atoms with Crippen molar-refractivity contribution >= 4 is 39.1 Å². The molecule has 0 fully saturated rings. The first kappa shape index (κ1) is 28.5. The van der Waals surface area contributed by atoms with E-state index in [1.807, 2.05) is 13.8 Å². The third kappa shape index (κ3) is 8.14. The number of benzene rings is 2. The summed E-state index contributed by atoms with van der Waals surface area (Å²) in [4.78, 5) is 27.9. The van der Waals surface area contributed by atoms with Crippen LogP contribution in [0.3, 0.4) is 0 Å². The molecule has 0 radical (unpaired) electrons. The van der Waals surface area contributed by atoms with Crippen LogP contribution in [0.1, 0.15) is 39.7 Å². The monoisotopic (exact) mass is 523 g/mol. The molecule has 10 heteroatoms. The number of halogens is 1. The van der Waals surface area contributed by atoms with Crippen molar-refractivity contribution in [2.75, 3.05) is 23.7 Å². The van der Waals surface area contributed by atoms with E-state index in [1.165, 1.54) is 4.90 Å². The molecule has 0 heterocycles. The summed E-state index contributed by atoms with van der Waals surface area (Å²) in [6, 6.07) is 12.7. The number of para-hydroxylation sites is 2. The largest absolute Gasteiger partial charge is 0.492 e. The van der Waals surface area contributed by atoms with Crippen LogP contribution in [0.2, 0.25) is 5.02 Å². The van der Waals surface area contributed by atoms with Crippen molar-refractivity contribution in [1.82, 2.24) is 10.2 Å². The summed E-state index contributed by atoms with van der Waals surface area (Å²) < 4.78 is 32.1. The molecule has 0 aliphatic carbocycles. The number of nitrogens with zero attached hydrogens (tertiary/aromatic N) is 2. The molecule has 2 atom stereocenters. The summed E-state index contributed by atoms with van der Waals surface area (Å²) >= 11 is 5.99. The Bertz CT molecular complexity index is 1110. The molecule has 2 aromatic rings. The minimum absolute atomic E-state index is 0.0666. The highest BCUT2D eigenvalue weighted by atomic mass is 35.5. The van der Waals surface area contributed by atoms with Gasteiger partial charge in [-0.2, -0.15) is 0 Å². The van der Waals surface area contributed by atoms with E-state index in [4.69, 9.17) is 16.3 Å². The van der Waals surface area contributed by atoms with Gasteiger partial charge in [-0.25, -0.2) is 8.42 Å². The number of hydrogen-bond acceptors (Lipinski definition) is 5. The summed E-state index contributed by atoms with van der Waals surface area (Å²) in [6.45, 7) is 7.20. The van der Waals surface area contributed by atoms with E-state index >= 15 is 0 Å². The van der Waals surface area contributed by atoms with E-state index in [0.29, 0.717) is 17.4 Å². The smallest absolute Gasteiger partial charge is 0.244 e. The molecule has 2 aromatic carbocycles. The van der Waals surface area contributed by atoms with Crippen LogP contribution in [-0.4, -0.2) is 56.6 Å². The van der Waals surface area contributed by atoms with Gasteiger partial charge in [0.05, 0.1) is 18.6 Å². The number of ether oxygens (including phenoxy) is 1. The summed E-state index contributed by atoms with van der Waals surface area (Å²) in [5.41, 5.74) is 1.01. The second-order valence-electron chi connectivity index (χ2n) is 8.31. The summed E-state index contributed by atoms with van der Waals surface area (Å²) in [6.07, 6.45) is 1.77. The molecule has 0 saturated carbocycles. The Balaban J connectivity index is 2.42. The molecule has 0 aromatic heterocycles. The number of nitrogens with one attached hydrogen (secondary N) is 1. The van der Waals surface area contributed by atoms with Crippen molar-refractivity contribution < 1.29 is 22.7 Å². The molecule has 2 rings (SSSR count). The lowest BCUT2D eigenvalue weighted by Gasteiger charge is -2.32. The van der Waals surface area contributed by atoms with Gasteiger partial charge in [0.15, 0.2) is 0 Å². The fraction of sp³-hybridized carbons (Fsp3) is 0.440. The van der Waals surface area contributed by atoms with E-state index in [0.717, 1.165) is 22.5 Å². The van der Waals surface area contributed by atoms with Crippen LogP contribution in [-0.2, 0) is 26.2 Å².